The molecule has 0 saturated heterocycles. The summed E-state index contributed by atoms with van der Waals surface area (Å²) in [4.78, 5) is 0. The Kier molecular flexibility index (Phi) is 2.11. The first-order valence-corrected chi connectivity index (χ1v) is 5.12. The third-order valence-corrected chi connectivity index (χ3v) is 3.51. The van der Waals surface area contributed by atoms with Crippen molar-refractivity contribution in [3.63, 3.8) is 0 Å². The molecule has 1 unspecified atom stereocenters. The third kappa shape index (κ3) is 1.28. The molecule has 13 heavy (non-hydrogen) atoms. The zero-order valence-corrected chi connectivity index (χ0v) is 8.47. The number of hydrogen-bond donors (Lipinski definition) is 1. The van der Waals surface area contributed by atoms with Gasteiger partial charge < -0.3 is 9.84 Å². The highest BCUT2D eigenvalue weighted by Gasteiger charge is 2.43. The van der Waals surface area contributed by atoms with Gasteiger partial charge in [0.15, 0.2) is 0 Å². The Labute approximate surface area is 79.6 Å². The second-order valence-corrected chi connectivity index (χ2v) is 4.69. The van der Waals surface area contributed by atoms with Crippen molar-refractivity contribution in [2.75, 3.05) is 13.2 Å². The molecule has 2 heteroatoms. The molecular weight excluding hydrogens is 164 g/mol. The lowest BCUT2D eigenvalue weighted by Crippen LogP contribution is -2.25. The smallest absolute Gasteiger partial charge is 0.101 e. The van der Waals surface area contributed by atoms with Crippen molar-refractivity contribution in [1.29, 1.82) is 0 Å². The van der Waals surface area contributed by atoms with E-state index < -0.39 is 0 Å². The highest BCUT2D eigenvalue weighted by molar-refractivity contribution is 5.25. The van der Waals surface area contributed by atoms with Gasteiger partial charge in [-0.1, -0.05) is 13.8 Å². The normalized spacial score (nSPS) is 31.5. The van der Waals surface area contributed by atoms with E-state index in [1.165, 1.54) is 17.8 Å². The molecule has 2 aliphatic rings. The predicted octanol–water partition coefficient (Wildman–Crippen LogP) is 2.09. The Morgan fingerprint density at radius 2 is 2.31 bits per heavy atom. The lowest BCUT2D eigenvalue weighted by Gasteiger charge is -2.30. The minimum Gasteiger partial charge on any atom is -0.497 e. The molecule has 0 spiro atoms. The zero-order valence-electron chi connectivity index (χ0n) is 8.47. The Hall–Kier alpha value is -0.500. The summed E-state index contributed by atoms with van der Waals surface area (Å²) in [7, 11) is 0. The highest BCUT2D eigenvalue weighted by atomic mass is 16.5. The van der Waals surface area contributed by atoms with Crippen molar-refractivity contribution >= 4 is 0 Å². The van der Waals surface area contributed by atoms with Crippen molar-refractivity contribution in [3.05, 3.63) is 11.3 Å². The largest absolute Gasteiger partial charge is 0.497 e. The molecule has 0 radical (unpaired) electrons. The number of hydrogen-bond acceptors (Lipinski definition) is 2. The number of allylic oxidation sites excluding steroid dienone is 2. The molecule has 1 aliphatic carbocycles. The van der Waals surface area contributed by atoms with Crippen LogP contribution in [0.15, 0.2) is 11.3 Å². The van der Waals surface area contributed by atoms with Gasteiger partial charge in [-0.3, -0.25) is 0 Å². The standard InChI is InChI=1S/C11H18O2/c1-11(2)9(7-12)6-8-4-3-5-13-10(8)11/h9,12H,3-7H2,1-2H3. The minimum absolute atomic E-state index is 0.0600. The van der Waals surface area contributed by atoms with Crippen molar-refractivity contribution in [2.45, 2.75) is 33.1 Å². The maximum absolute atomic E-state index is 9.27. The Morgan fingerprint density at radius 1 is 1.54 bits per heavy atom. The van der Waals surface area contributed by atoms with Crippen LogP contribution in [0.3, 0.4) is 0 Å². The summed E-state index contributed by atoms with van der Waals surface area (Å²) in [5.74, 6) is 1.55. The van der Waals surface area contributed by atoms with Crippen LogP contribution < -0.4 is 0 Å². The second-order valence-electron chi connectivity index (χ2n) is 4.69. The maximum Gasteiger partial charge on any atom is 0.101 e. The molecule has 1 atom stereocenters. The van der Waals surface area contributed by atoms with Gasteiger partial charge >= 0.3 is 0 Å². The summed E-state index contributed by atoms with van der Waals surface area (Å²) in [5.41, 5.74) is 1.51. The molecule has 1 heterocycles. The number of rotatable bonds is 1. The van der Waals surface area contributed by atoms with Gasteiger partial charge in [0.1, 0.15) is 5.76 Å². The first kappa shape index (κ1) is 9.07. The van der Waals surface area contributed by atoms with Gasteiger partial charge in [0.2, 0.25) is 0 Å². The molecule has 1 aliphatic heterocycles. The molecule has 0 amide bonds. The highest BCUT2D eigenvalue weighted by Crippen LogP contribution is 2.49. The zero-order chi connectivity index (χ0) is 9.47. The van der Waals surface area contributed by atoms with E-state index in [-0.39, 0.29) is 12.0 Å². The fourth-order valence-electron chi connectivity index (χ4n) is 2.54. The fourth-order valence-corrected chi connectivity index (χ4v) is 2.54. The van der Waals surface area contributed by atoms with Crippen LogP contribution in [-0.2, 0) is 4.74 Å². The first-order valence-electron chi connectivity index (χ1n) is 5.12. The molecule has 74 valence electrons. The Balaban J connectivity index is 2.27. The molecule has 0 fully saturated rings. The number of ether oxygens (including phenoxy) is 1. The van der Waals surface area contributed by atoms with Crippen LogP contribution in [0.4, 0.5) is 0 Å². The summed E-state index contributed by atoms with van der Waals surface area (Å²) in [6.07, 6.45) is 3.36. The summed E-state index contributed by atoms with van der Waals surface area (Å²) in [6.45, 7) is 5.51. The van der Waals surface area contributed by atoms with Gasteiger partial charge in [0.25, 0.3) is 0 Å². The average molecular weight is 182 g/mol. The van der Waals surface area contributed by atoms with E-state index in [4.69, 9.17) is 4.74 Å². The van der Waals surface area contributed by atoms with Crippen molar-refractivity contribution in [2.24, 2.45) is 11.3 Å². The van der Waals surface area contributed by atoms with Gasteiger partial charge in [-0.25, -0.2) is 0 Å². The summed E-state index contributed by atoms with van der Waals surface area (Å²) < 4.78 is 5.72. The van der Waals surface area contributed by atoms with Crippen LogP contribution in [0.5, 0.6) is 0 Å². The van der Waals surface area contributed by atoms with Crippen LogP contribution in [0.1, 0.15) is 33.1 Å². The number of aliphatic hydroxyl groups excluding tert-OH is 1. The van der Waals surface area contributed by atoms with E-state index in [0.29, 0.717) is 5.92 Å². The lowest BCUT2D eigenvalue weighted by molar-refractivity contribution is 0.0874. The van der Waals surface area contributed by atoms with E-state index >= 15 is 0 Å². The molecule has 2 rings (SSSR count). The van der Waals surface area contributed by atoms with Crippen molar-refractivity contribution in [1.82, 2.24) is 0 Å². The molecule has 0 bridgehead atoms. The van der Waals surface area contributed by atoms with Crippen LogP contribution in [-0.4, -0.2) is 18.3 Å². The minimum atomic E-state index is 0.0600. The monoisotopic (exact) mass is 182 g/mol. The van der Waals surface area contributed by atoms with Gasteiger partial charge in [-0.15, -0.1) is 0 Å². The summed E-state index contributed by atoms with van der Waals surface area (Å²) >= 11 is 0. The molecule has 0 aromatic heterocycles. The first-order chi connectivity index (χ1) is 6.16. The van der Waals surface area contributed by atoms with Crippen LogP contribution >= 0.6 is 0 Å². The molecule has 0 aromatic rings. The van der Waals surface area contributed by atoms with E-state index in [1.54, 1.807) is 0 Å². The Morgan fingerprint density at radius 3 is 2.92 bits per heavy atom. The van der Waals surface area contributed by atoms with Crippen LogP contribution in [0.2, 0.25) is 0 Å². The Bertz CT molecular complexity index is 240. The van der Waals surface area contributed by atoms with Crippen LogP contribution in [0.25, 0.3) is 0 Å². The molecule has 1 N–H and O–H groups in total. The topological polar surface area (TPSA) is 29.5 Å². The maximum atomic E-state index is 9.27. The molecule has 0 aromatic carbocycles. The van der Waals surface area contributed by atoms with E-state index in [0.717, 1.165) is 19.4 Å². The van der Waals surface area contributed by atoms with Crippen LogP contribution in [0, 0.1) is 11.3 Å². The molecule has 2 nitrogen and oxygen atoms in total. The molecule has 0 saturated carbocycles. The van der Waals surface area contributed by atoms with Gasteiger partial charge in [-0.2, -0.15) is 0 Å². The quantitative estimate of drug-likeness (QED) is 0.673. The fraction of sp³-hybridized carbons (Fsp3) is 0.818. The van der Waals surface area contributed by atoms with Gasteiger partial charge in [-0.05, 0) is 30.8 Å². The van der Waals surface area contributed by atoms with Crippen molar-refractivity contribution in [3.8, 4) is 0 Å². The van der Waals surface area contributed by atoms with Gasteiger partial charge in [0.05, 0.1) is 6.61 Å². The third-order valence-electron chi connectivity index (χ3n) is 3.51. The van der Waals surface area contributed by atoms with E-state index in [1.807, 2.05) is 0 Å². The van der Waals surface area contributed by atoms with E-state index in [2.05, 4.69) is 13.8 Å². The lowest BCUT2D eigenvalue weighted by atomic mass is 9.81. The van der Waals surface area contributed by atoms with Gasteiger partial charge in [0, 0.05) is 12.0 Å². The number of aliphatic hydroxyl groups is 1. The van der Waals surface area contributed by atoms with Crippen molar-refractivity contribution < 1.29 is 9.84 Å². The average Bonchev–Trinajstić information content (AvgIpc) is 2.39. The summed E-state index contributed by atoms with van der Waals surface area (Å²) in [5, 5.41) is 9.27. The SMILES string of the molecule is CC1(C)C2=C(CCCO2)CC1CO. The summed E-state index contributed by atoms with van der Waals surface area (Å²) in [6, 6.07) is 0. The second kappa shape index (κ2) is 3.02. The van der Waals surface area contributed by atoms with E-state index in [9.17, 15) is 5.11 Å². The predicted molar refractivity (Wildman–Crippen MR) is 51.2 cm³/mol. The molecular formula is C11H18O2.